The summed E-state index contributed by atoms with van der Waals surface area (Å²) in [7, 11) is -0.495. The van der Waals surface area contributed by atoms with Gasteiger partial charge in [0.25, 0.3) is 5.91 Å². The number of amides is 1. The molecule has 0 aliphatic carbocycles. The Hall–Kier alpha value is -3.24. The molecule has 0 spiro atoms. The molecule has 0 bridgehead atoms. The van der Waals surface area contributed by atoms with Crippen molar-refractivity contribution in [3.63, 3.8) is 0 Å². The largest absolute Gasteiger partial charge is 0.493 e. The zero-order valence-corrected chi connectivity index (χ0v) is 15.4. The highest BCUT2D eigenvalue weighted by atomic mass is 32.2. The average Bonchev–Trinajstić information content (AvgIpc) is 2.93. The fourth-order valence-corrected chi connectivity index (χ4v) is 2.98. The number of carbonyl (C=O) groups excluding carboxylic acids is 1. The number of aromatic hydroxyl groups is 1. The third kappa shape index (κ3) is 3.81. The van der Waals surface area contributed by atoms with Crippen LogP contribution >= 0.6 is 0 Å². The number of nitrogens with zero attached hydrogens (tertiary/aromatic N) is 3. The summed E-state index contributed by atoms with van der Waals surface area (Å²) in [6, 6.07) is 10.4. The second kappa shape index (κ2) is 6.82. The van der Waals surface area contributed by atoms with Crippen molar-refractivity contribution in [2.24, 2.45) is 15.4 Å². The Morgan fingerprint density at radius 1 is 1.11 bits per heavy atom. The molecule has 4 N–H and O–H groups in total. The van der Waals surface area contributed by atoms with Gasteiger partial charge in [-0.1, -0.05) is 0 Å². The Morgan fingerprint density at radius 3 is 2.37 bits per heavy atom. The Labute approximate surface area is 155 Å². The van der Waals surface area contributed by atoms with Crippen LogP contribution < -0.4 is 5.14 Å². The van der Waals surface area contributed by atoms with E-state index in [0.717, 1.165) is 0 Å². The SMILES string of the molecule is CN(C)C(=O)c1ccc2[nH]c(O)c(N=Nc3ccc(S(N)(=O)=O)cc3)c2c1. The zero-order chi connectivity index (χ0) is 19.8. The van der Waals surface area contributed by atoms with Crippen molar-refractivity contribution in [1.29, 1.82) is 0 Å². The number of aromatic amines is 1. The number of rotatable bonds is 4. The molecule has 10 heteroatoms. The number of H-pyrrole nitrogens is 1. The van der Waals surface area contributed by atoms with Gasteiger partial charge in [0, 0.05) is 25.0 Å². The number of nitrogens with one attached hydrogen (secondary N) is 1. The van der Waals surface area contributed by atoms with E-state index in [2.05, 4.69) is 15.2 Å². The Kier molecular flexibility index (Phi) is 4.68. The van der Waals surface area contributed by atoms with Crippen LogP contribution in [-0.2, 0) is 10.0 Å². The van der Waals surface area contributed by atoms with Crippen molar-refractivity contribution < 1.29 is 18.3 Å². The lowest BCUT2D eigenvalue weighted by Gasteiger charge is -2.09. The van der Waals surface area contributed by atoms with E-state index < -0.39 is 10.0 Å². The summed E-state index contributed by atoms with van der Waals surface area (Å²) < 4.78 is 22.5. The van der Waals surface area contributed by atoms with Gasteiger partial charge in [-0.3, -0.25) is 4.79 Å². The van der Waals surface area contributed by atoms with Crippen LogP contribution in [0.4, 0.5) is 11.4 Å². The highest BCUT2D eigenvalue weighted by Gasteiger charge is 2.15. The number of hydrogen-bond donors (Lipinski definition) is 3. The van der Waals surface area contributed by atoms with Gasteiger partial charge in [0.05, 0.1) is 16.1 Å². The third-order valence-corrected chi connectivity index (χ3v) is 4.77. The van der Waals surface area contributed by atoms with Gasteiger partial charge >= 0.3 is 0 Å². The lowest BCUT2D eigenvalue weighted by atomic mass is 10.1. The molecule has 0 saturated carbocycles. The molecule has 3 aromatic rings. The number of benzene rings is 2. The number of azo groups is 1. The Morgan fingerprint density at radius 2 is 1.78 bits per heavy atom. The quantitative estimate of drug-likeness (QED) is 0.592. The number of hydrogen-bond acceptors (Lipinski definition) is 6. The summed E-state index contributed by atoms with van der Waals surface area (Å²) in [5.74, 6) is -0.372. The predicted molar refractivity (Wildman–Crippen MR) is 100.0 cm³/mol. The van der Waals surface area contributed by atoms with Gasteiger partial charge in [-0.15, -0.1) is 5.11 Å². The molecule has 0 atom stereocenters. The summed E-state index contributed by atoms with van der Waals surface area (Å²) in [6.45, 7) is 0. The number of primary sulfonamides is 1. The molecule has 3 rings (SSSR count). The summed E-state index contributed by atoms with van der Waals surface area (Å²) in [5, 5.41) is 23.7. The van der Waals surface area contributed by atoms with Crippen molar-refractivity contribution in [3.05, 3.63) is 48.0 Å². The number of aromatic nitrogens is 1. The van der Waals surface area contributed by atoms with Gasteiger partial charge in [0.2, 0.25) is 15.9 Å². The first-order valence-corrected chi connectivity index (χ1v) is 9.32. The molecule has 2 aromatic carbocycles. The van der Waals surface area contributed by atoms with E-state index in [1.54, 1.807) is 32.3 Å². The van der Waals surface area contributed by atoms with Crippen LogP contribution in [0.2, 0.25) is 0 Å². The number of carbonyl (C=O) groups is 1. The number of fused-ring (bicyclic) bond motifs is 1. The Balaban J connectivity index is 1.98. The summed E-state index contributed by atoms with van der Waals surface area (Å²) in [6.07, 6.45) is 0. The maximum Gasteiger partial charge on any atom is 0.253 e. The topological polar surface area (TPSA) is 141 Å². The van der Waals surface area contributed by atoms with Gasteiger partial charge in [0.15, 0.2) is 5.69 Å². The second-order valence-corrected chi connectivity index (χ2v) is 7.58. The molecule has 0 radical (unpaired) electrons. The van der Waals surface area contributed by atoms with E-state index in [-0.39, 0.29) is 22.4 Å². The molecule has 0 aliphatic heterocycles. The molecular formula is C17H17N5O4S. The van der Waals surface area contributed by atoms with Gasteiger partial charge < -0.3 is 15.0 Å². The van der Waals surface area contributed by atoms with Crippen LogP contribution in [-0.4, -0.2) is 43.4 Å². The molecule has 1 amide bonds. The molecule has 0 unspecified atom stereocenters. The zero-order valence-electron chi connectivity index (χ0n) is 14.5. The minimum Gasteiger partial charge on any atom is -0.493 e. The van der Waals surface area contributed by atoms with Gasteiger partial charge in [-0.05, 0) is 42.5 Å². The van der Waals surface area contributed by atoms with E-state index in [1.165, 1.54) is 29.2 Å². The van der Waals surface area contributed by atoms with E-state index in [9.17, 15) is 18.3 Å². The molecule has 0 saturated heterocycles. The van der Waals surface area contributed by atoms with Crippen LogP contribution in [0.5, 0.6) is 5.88 Å². The van der Waals surface area contributed by atoms with Crippen LogP contribution in [0.15, 0.2) is 57.6 Å². The molecule has 1 aromatic heterocycles. The monoisotopic (exact) mass is 387 g/mol. The first-order chi connectivity index (χ1) is 12.7. The van der Waals surface area contributed by atoms with E-state index in [1.807, 2.05) is 0 Å². The van der Waals surface area contributed by atoms with Crippen molar-refractivity contribution in [2.45, 2.75) is 4.90 Å². The minimum atomic E-state index is -3.79. The first-order valence-electron chi connectivity index (χ1n) is 7.78. The molecule has 1 heterocycles. The van der Waals surface area contributed by atoms with Gasteiger partial charge in [-0.2, -0.15) is 5.11 Å². The van der Waals surface area contributed by atoms with Crippen LogP contribution in [0.25, 0.3) is 10.9 Å². The molecule has 0 fully saturated rings. The predicted octanol–water partition coefficient (Wildman–Crippen LogP) is 2.64. The van der Waals surface area contributed by atoms with Crippen molar-refractivity contribution >= 4 is 38.2 Å². The first kappa shape index (κ1) is 18.5. The fourth-order valence-electron chi connectivity index (χ4n) is 2.47. The van der Waals surface area contributed by atoms with E-state index in [4.69, 9.17) is 5.14 Å². The standard InChI is InChI=1S/C17H17N5O4S/c1-22(2)17(24)10-3-8-14-13(9-10)15(16(23)19-14)21-20-11-4-6-12(7-5-11)27(18,25)26/h3-9,19,23H,1-2H3,(H2,18,25,26). The molecular weight excluding hydrogens is 370 g/mol. The highest BCUT2D eigenvalue weighted by molar-refractivity contribution is 7.89. The van der Waals surface area contributed by atoms with Crippen molar-refractivity contribution in [1.82, 2.24) is 9.88 Å². The van der Waals surface area contributed by atoms with E-state index >= 15 is 0 Å². The van der Waals surface area contributed by atoms with Crippen LogP contribution in [0.3, 0.4) is 0 Å². The summed E-state index contributed by atoms with van der Waals surface area (Å²) in [4.78, 5) is 16.3. The van der Waals surface area contributed by atoms with Crippen molar-refractivity contribution in [3.8, 4) is 5.88 Å². The molecule has 27 heavy (non-hydrogen) atoms. The average molecular weight is 387 g/mol. The lowest BCUT2D eigenvalue weighted by molar-refractivity contribution is 0.0827. The van der Waals surface area contributed by atoms with E-state index in [0.29, 0.717) is 22.2 Å². The molecule has 140 valence electrons. The second-order valence-electron chi connectivity index (χ2n) is 6.02. The normalized spacial score (nSPS) is 12.0. The minimum absolute atomic E-state index is 0.0387. The summed E-state index contributed by atoms with van der Waals surface area (Å²) >= 11 is 0. The van der Waals surface area contributed by atoms with Crippen molar-refractivity contribution in [2.75, 3.05) is 14.1 Å². The number of sulfonamides is 1. The smallest absolute Gasteiger partial charge is 0.253 e. The summed E-state index contributed by atoms with van der Waals surface area (Å²) in [5.41, 5.74) is 1.59. The maximum atomic E-state index is 12.1. The lowest BCUT2D eigenvalue weighted by Crippen LogP contribution is -2.21. The molecule has 0 aliphatic rings. The van der Waals surface area contributed by atoms with Crippen LogP contribution in [0.1, 0.15) is 10.4 Å². The Bertz CT molecular complexity index is 1150. The third-order valence-electron chi connectivity index (χ3n) is 3.84. The highest BCUT2D eigenvalue weighted by Crippen LogP contribution is 2.37. The van der Waals surface area contributed by atoms with Crippen LogP contribution in [0, 0.1) is 0 Å². The van der Waals surface area contributed by atoms with Gasteiger partial charge in [0.1, 0.15) is 0 Å². The maximum absolute atomic E-state index is 12.1. The molecule has 9 nitrogen and oxygen atoms in total. The fraction of sp³-hybridized carbons (Fsp3) is 0.118. The van der Waals surface area contributed by atoms with Gasteiger partial charge in [-0.25, -0.2) is 13.6 Å². The number of nitrogens with two attached hydrogens (primary N) is 1.